The first-order chi connectivity index (χ1) is 19.1. The second kappa shape index (κ2) is 13.2. The highest BCUT2D eigenvalue weighted by molar-refractivity contribution is 5.90. The third-order valence-corrected chi connectivity index (χ3v) is 7.68. The van der Waals surface area contributed by atoms with Gasteiger partial charge in [0.2, 0.25) is 17.7 Å². The number of carbonyl (C=O) groups is 4. The summed E-state index contributed by atoms with van der Waals surface area (Å²) in [4.78, 5) is 56.1. The van der Waals surface area contributed by atoms with Gasteiger partial charge < -0.3 is 30.6 Å². The van der Waals surface area contributed by atoms with E-state index in [1.807, 2.05) is 30.5 Å². The Kier molecular flexibility index (Phi) is 9.71. The minimum atomic E-state index is -0.689. The quantitative estimate of drug-likeness (QED) is 0.398. The second-order valence-corrected chi connectivity index (χ2v) is 12.0. The Morgan fingerprint density at radius 3 is 2.42 bits per heavy atom. The normalized spacial score (nSPS) is 17.7. The summed E-state index contributed by atoms with van der Waals surface area (Å²) in [5, 5.41) is 9.77. The fourth-order valence-corrected chi connectivity index (χ4v) is 5.53. The molecule has 0 bridgehead atoms. The summed E-state index contributed by atoms with van der Waals surface area (Å²) in [6.07, 6.45) is 7.99. The first-order valence-corrected chi connectivity index (χ1v) is 14.5. The number of aromatic amines is 1. The predicted octanol–water partition coefficient (Wildman–Crippen LogP) is 3.41. The van der Waals surface area contributed by atoms with E-state index in [1.54, 1.807) is 25.7 Å². The molecular weight excluding hydrogens is 510 g/mol. The van der Waals surface area contributed by atoms with Crippen molar-refractivity contribution in [1.82, 2.24) is 25.8 Å². The summed E-state index contributed by atoms with van der Waals surface area (Å²) in [6, 6.07) is 7.39. The van der Waals surface area contributed by atoms with Gasteiger partial charge in [-0.15, -0.1) is 0 Å². The smallest absolute Gasteiger partial charge is 0.408 e. The number of benzene rings is 1. The van der Waals surface area contributed by atoms with Crippen LogP contribution in [0.25, 0.3) is 10.9 Å². The van der Waals surface area contributed by atoms with Gasteiger partial charge in [-0.25, -0.2) is 4.79 Å². The molecular formula is C30H43N5O5. The van der Waals surface area contributed by atoms with Crippen LogP contribution >= 0.6 is 0 Å². The van der Waals surface area contributed by atoms with Crippen molar-refractivity contribution in [3.8, 4) is 0 Å². The number of para-hydroxylation sites is 1. The minimum absolute atomic E-state index is 0.146. The van der Waals surface area contributed by atoms with Crippen LogP contribution in [0.15, 0.2) is 30.5 Å². The second-order valence-electron chi connectivity index (χ2n) is 12.0. The van der Waals surface area contributed by atoms with Crippen molar-refractivity contribution >= 4 is 34.7 Å². The molecule has 0 radical (unpaired) electrons. The number of fused-ring (bicyclic) bond motifs is 1. The van der Waals surface area contributed by atoms with Gasteiger partial charge in [-0.3, -0.25) is 14.4 Å². The number of alkyl carbamates (subject to hydrolysis) is 1. The van der Waals surface area contributed by atoms with Crippen LogP contribution in [0.1, 0.15) is 71.3 Å². The molecule has 4 amide bonds. The van der Waals surface area contributed by atoms with Crippen LogP contribution in [0.2, 0.25) is 0 Å². The molecule has 1 saturated carbocycles. The highest BCUT2D eigenvalue weighted by Crippen LogP contribution is 2.22. The number of amides is 4. The van der Waals surface area contributed by atoms with Crippen LogP contribution in [-0.4, -0.2) is 71.0 Å². The third-order valence-electron chi connectivity index (χ3n) is 7.68. The molecule has 1 aliphatic carbocycles. The number of rotatable bonds is 8. The third kappa shape index (κ3) is 8.22. The number of piperidine rings is 1. The van der Waals surface area contributed by atoms with Crippen molar-refractivity contribution < 1.29 is 23.9 Å². The van der Waals surface area contributed by atoms with Gasteiger partial charge in [0.25, 0.3) is 0 Å². The Bertz CT molecular complexity index is 1190. The first-order valence-electron chi connectivity index (χ1n) is 14.5. The maximum Gasteiger partial charge on any atom is 0.408 e. The van der Waals surface area contributed by atoms with E-state index in [0.717, 1.165) is 42.1 Å². The van der Waals surface area contributed by atoms with Gasteiger partial charge in [-0.1, -0.05) is 37.5 Å². The van der Waals surface area contributed by atoms with Crippen LogP contribution in [0.4, 0.5) is 4.79 Å². The van der Waals surface area contributed by atoms with Gasteiger partial charge in [0.15, 0.2) is 0 Å². The maximum atomic E-state index is 13.4. The van der Waals surface area contributed by atoms with Gasteiger partial charge >= 0.3 is 6.09 Å². The standard InChI is InChI=1S/C30H43N5O5/c1-30(2,3)40-29(39)32-19-26(36)35-15-13-20(14-16-35)27(37)34-25(28(38)33-22-9-5-4-6-10-22)17-21-18-31-24-12-8-7-11-23(21)24/h7-8,11-12,18,20,22,25,31H,4-6,9-10,13-17,19H2,1-3H3,(H,32,39)(H,33,38)(H,34,37). The van der Waals surface area contributed by atoms with E-state index in [-0.39, 0.29) is 36.2 Å². The fourth-order valence-electron chi connectivity index (χ4n) is 5.53. The van der Waals surface area contributed by atoms with Crippen LogP contribution in [0.5, 0.6) is 0 Å². The van der Waals surface area contributed by atoms with E-state index < -0.39 is 17.7 Å². The first kappa shape index (κ1) is 29.4. The number of hydrogen-bond acceptors (Lipinski definition) is 5. The number of carbonyl (C=O) groups excluding carboxylic acids is 4. The Morgan fingerprint density at radius 1 is 1.02 bits per heavy atom. The molecule has 40 heavy (non-hydrogen) atoms. The lowest BCUT2D eigenvalue weighted by molar-refractivity contribution is -0.136. The number of likely N-dealkylation sites (tertiary alicyclic amines) is 1. The predicted molar refractivity (Wildman–Crippen MR) is 152 cm³/mol. The van der Waals surface area contributed by atoms with Gasteiger partial charge in [-0.05, 0) is 58.1 Å². The molecule has 1 aromatic heterocycles. The van der Waals surface area contributed by atoms with Crippen molar-refractivity contribution in [1.29, 1.82) is 0 Å². The van der Waals surface area contributed by atoms with Crippen molar-refractivity contribution in [2.24, 2.45) is 5.92 Å². The molecule has 1 saturated heterocycles. The van der Waals surface area contributed by atoms with E-state index in [2.05, 4.69) is 20.9 Å². The Hall–Kier alpha value is -3.56. The Balaban J connectivity index is 1.33. The van der Waals surface area contributed by atoms with Crippen molar-refractivity contribution in [3.63, 3.8) is 0 Å². The highest BCUT2D eigenvalue weighted by atomic mass is 16.6. The zero-order valence-electron chi connectivity index (χ0n) is 23.9. The van der Waals surface area contributed by atoms with Crippen LogP contribution in [0, 0.1) is 5.92 Å². The number of nitrogens with zero attached hydrogens (tertiary/aromatic N) is 1. The summed E-state index contributed by atoms with van der Waals surface area (Å²) in [7, 11) is 0. The molecule has 2 aromatic rings. The Morgan fingerprint density at radius 2 is 1.73 bits per heavy atom. The van der Waals surface area contributed by atoms with E-state index in [9.17, 15) is 19.2 Å². The molecule has 218 valence electrons. The zero-order valence-corrected chi connectivity index (χ0v) is 23.9. The van der Waals surface area contributed by atoms with E-state index >= 15 is 0 Å². The van der Waals surface area contributed by atoms with Crippen LogP contribution in [0.3, 0.4) is 0 Å². The van der Waals surface area contributed by atoms with Crippen molar-refractivity contribution in [2.75, 3.05) is 19.6 Å². The van der Waals surface area contributed by atoms with Gasteiger partial charge in [-0.2, -0.15) is 0 Å². The van der Waals surface area contributed by atoms with Crippen LogP contribution in [-0.2, 0) is 25.5 Å². The number of nitrogens with one attached hydrogen (secondary N) is 4. The zero-order chi connectivity index (χ0) is 28.7. The summed E-state index contributed by atoms with van der Waals surface area (Å²) >= 11 is 0. The number of H-pyrrole nitrogens is 1. The molecule has 1 unspecified atom stereocenters. The molecule has 10 nitrogen and oxygen atoms in total. The average Bonchev–Trinajstić information content (AvgIpc) is 3.33. The lowest BCUT2D eigenvalue weighted by Crippen LogP contribution is -2.53. The van der Waals surface area contributed by atoms with E-state index in [4.69, 9.17) is 4.74 Å². The number of ether oxygens (including phenoxy) is 1. The molecule has 10 heteroatoms. The summed E-state index contributed by atoms with van der Waals surface area (Å²) in [5.41, 5.74) is 1.34. The summed E-state index contributed by atoms with van der Waals surface area (Å²) in [6.45, 7) is 5.95. The molecule has 2 aliphatic rings. The van der Waals surface area contributed by atoms with Crippen molar-refractivity contribution in [2.45, 2.75) is 89.8 Å². The average molecular weight is 554 g/mol. The van der Waals surface area contributed by atoms with E-state index in [1.165, 1.54) is 6.42 Å². The number of aromatic nitrogens is 1. The highest BCUT2D eigenvalue weighted by Gasteiger charge is 2.31. The lowest BCUT2D eigenvalue weighted by atomic mass is 9.93. The molecule has 1 atom stereocenters. The molecule has 4 rings (SSSR count). The maximum absolute atomic E-state index is 13.4. The van der Waals surface area contributed by atoms with Gasteiger partial charge in [0.05, 0.1) is 0 Å². The topological polar surface area (TPSA) is 133 Å². The molecule has 2 heterocycles. The molecule has 1 aromatic carbocycles. The number of hydrogen-bond donors (Lipinski definition) is 4. The minimum Gasteiger partial charge on any atom is -0.444 e. The molecule has 0 spiro atoms. The van der Waals surface area contributed by atoms with Gasteiger partial charge in [0, 0.05) is 48.6 Å². The van der Waals surface area contributed by atoms with Gasteiger partial charge in [0.1, 0.15) is 18.2 Å². The Labute approximate surface area is 236 Å². The largest absolute Gasteiger partial charge is 0.444 e. The molecule has 2 fully saturated rings. The fraction of sp³-hybridized carbons (Fsp3) is 0.600. The van der Waals surface area contributed by atoms with Crippen LogP contribution < -0.4 is 16.0 Å². The SMILES string of the molecule is CC(C)(C)OC(=O)NCC(=O)N1CCC(C(=O)NC(Cc2c[nH]c3ccccc23)C(=O)NC2CCCCC2)CC1. The molecule has 1 aliphatic heterocycles. The van der Waals surface area contributed by atoms with E-state index in [0.29, 0.717) is 32.4 Å². The summed E-state index contributed by atoms with van der Waals surface area (Å²) < 4.78 is 5.18. The monoisotopic (exact) mass is 553 g/mol. The van der Waals surface area contributed by atoms with Crippen molar-refractivity contribution in [3.05, 3.63) is 36.0 Å². The summed E-state index contributed by atoms with van der Waals surface area (Å²) in [5.74, 6) is -0.821. The lowest BCUT2D eigenvalue weighted by Gasteiger charge is -2.32. The molecule has 4 N–H and O–H groups in total.